The second-order valence-corrected chi connectivity index (χ2v) is 12.6. The first-order valence-corrected chi connectivity index (χ1v) is 17.6. The van der Waals surface area contributed by atoms with E-state index in [-0.39, 0.29) is 18.9 Å². The van der Waals surface area contributed by atoms with E-state index >= 15 is 0 Å². The number of unbranched alkanes of at least 4 members (excludes halogenated alkanes) is 18. The molecule has 42 heavy (non-hydrogen) atoms. The average molecular weight is 591 g/mol. The first-order chi connectivity index (χ1) is 20.3. The highest BCUT2D eigenvalue weighted by molar-refractivity contribution is 5.94. The lowest BCUT2D eigenvalue weighted by Gasteiger charge is -2.30. The Labute approximate surface area is 259 Å². The van der Waals surface area contributed by atoms with E-state index in [9.17, 15) is 15.0 Å². The smallest absolute Gasteiger partial charge is 0.226 e. The fraction of sp³-hybridized carbons (Fsp3) is 0.886. The Kier molecular flexibility index (Phi) is 23.6. The summed E-state index contributed by atoms with van der Waals surface area (Å²) in [6, 6.07) is 3.16. The van der Waals surface area contributed by atoms with Crippen LogP contribution in [-0.2, 0) is 4.79 Å². The molecule has 1 heterocycles. The fourth-order valence-corrected chi connectivity index (χ4v) is 5.82. The van der Waals surface area contributed by atoms with Crippen molar-refractivity contribution in [2.45, 2.75) is 181 Å². The number of aliphatic hydroxyl groups excluding tert-OH is 1. The van der Waals surface area contributed by atoms with Crippen LogP contribution >= 0.6 is 0 Å². The Hall–Kier alpha value is -1.62. The molecule has 1 aliphatic heterocycles. The van der Waals surface area contributed by atoms with Crippen LogP contribution in [0, 0.1) is 12.0 Å². The molecule has 1 rings (SSSR count). The van der Waals surface area contributed by atoms with E-state index in [0.29, 0.717) is 6.54 Å². The third-order valence-corrected chi connectivity index (χ3v) is 8.48. The molecule has 3 atom stereocenters. The van der Waals surface area contributed by atoms with Gasteiger partial charge in [-0.05, 0) is 26.7 Å². The van der Waals surface area contributed by atoms with E-state index in [4.69, 9.17) is 0 Å². The Morgan fingerprint density at radius 3 is 1.81 bits per heavy atom. The standard InChI is InChI=1S/C35H66N4O3/c1-5-6-7-8-9-10-11-12-13-14-15-16-17-18-19-20-21-22-23-25-34(40)37-32(3)36-33(4)38-27-24-28-39(30-35(41)42)31(2)26-29-38/h32-34,36-37,40H,5-25,27-28,30H2,1-4H3. The van der Waals surface area contributed by atoms with Crippen molar-refractivity contribution in [1.82, 2.24) is 15.5 Å². The first-order valence-electron chi connectivity index (χ1n) is 17.6. The number of carbonyl (C=O) groups excluding carboxylic acids is 1. The van der Waals surface area contributed by atoms with Gasteiger partial charge in [0.25, 0.3) is 0 Å². The number of nitrogens with zero attached hydrogens (tertiary/aromatic N) is 2. The number of carboxylic acids is 1. The van der Waals surface area contributed by atoms with Gasteiger partial charge in [-0.1, -0.05) is 122 Å². The largest absolute Gasteiger partial charge is 0.544 e. The van der Waals surface area contributed by atoms with E-state index in [1.807, 2.05) is 18.7 Å². The second-order valence-electron chi connectivity index (χ2n) is 12.6. The monoisotopic (exact) mass is 591 g/mol. The summed E-state index contributed by atoms with van der Waals surface area (Å²) < 4.78 is 1.76. The van der Waals surface area contributed by atoms with Crippen molar-refractivity contribution in [2.24, 2.45) is 0 Å². The molecule has 0 bridgehead atoms. The van der Waals surface area contributed by atoms with Crippen LogP contribution in [0.3, 0.4) is 0 Å². The van der Waals surface area contributed by atoms with Gasteiger partial charge in [-0.25, -0.2) is 4.58 Å². The van der Waals surface area contributed by atoms with Gasteiger partial charge in [-0.3, -0.25) is 10.6 Å². The maximum absolute atomic E-state index is 11.0. The summed E-state index contributed by atoms with van der Waals surface area (Å²) in [4.78, 5) is 13.0. The predicted octanol–water partition coefficient (Wildman–Crippen LogP) is 5.89. The number of aliphatic hydroxyl groups is 1. The van der Waals surface area contributed by atoms with Gasteiger partial charge >= 0.3 is 0 Å². The number of hydrogen-bond donors (Lipinski definition) is 3. The molecule has 3 N–H and O–H groups in total. The van der Waals surface area contributed by atoms with E-state index in [2.05, 4.69) is 36.4 Å². The Morgan fingerprint density at radius 1 is 0.857 bits per heavy atom. The Morgan fingerprint density at radius 2 is 1.33 bits per heavy atom. The quantitative estimate of drug-likeness (QED) is 0.0479. The van der Waals surface area contributed by atoms with Gasteiger partial charge in [-0.15, -0.1) is 0 Å². The van der Waals surface area contributed by atoms with Crippen LogP contribution in [0.4, 0.5) is 0 Å². The Balaban J connectivity index is 1.99. The maximum Gasteiger partial charge on any atom is 0.226 e. The number of aliphatic carboxylic acids is 1. The van der Waals surface area contributed by atoms with E-state index in [0.717, 1.165) is 31.5 Å². The summed E-state index contributed by atoms with van der Waals surface area (Å²) in [7, 11) is 0. The van der Waals surface area contributed by atoms with Gasteiger partial charge in [0.15, 0.2) is 6.54 Å². The number of nitrogens with one attached hydrogen (secondary N) is 2. The van der Waals surface area contributed by atoms with Gasteiger partial charge in [0.1, 0.15) is 18.7 Å². The molecule has 0 aromatic rings. The lowest BCUT2D eigenvalue weighted by molar-refractivity contribution is -0.528. The van der Waals surface area contributed by atoms with Crippen LogP contribution < -0.4 is 15.7 Å². The minimum atomic E-state index is -1.08. The molecule has 0 radical (unpaired) electrons. The molecule has 0 aliphatic carbocycles. The van der Waals surface area contributed by atoms with Gasteiger partial charge < -0.3 is 19.9 Å². The summed E-state index contributed by atoms with van der Waals surface area (Å²) in [6.07, 6.45) is 27.0. The van der Waals surface area contributed by atoms with Crippen molar-refractivity contribution in [2.75, 3.05) is 19.6 Å². The third kappa shape index (κ3) is 21.1. The van der Waals surface area contributed by atoms with E-state index < -0.39 is 12.2 Å². The molecular formula is C35H66N4O3. The highest BCUT2D eigenvalue weighted by Crippen LogP contribution is 2.15. The molecule has 0 amide bonds. The predicted molar refractivity (Wildman–Crippen MR) is 174 cm³/mol. The molecule has 244 valence electrons. The Bertz CT molecular complexity index is 776. The van der Waals surface area contributed by atoms with E-state index in [1.165, 1.54) is 116 Å². The van der Waals surface area contributed by atoms with Crippen LogP contribution in [0.2, 0.25) is 0 Å². The van der Waals surface area contributed by atoms with Gasteiger partial charge in [0, 0.05) is 31.9 Å². The van der Waals surface area contributed by atoms with Crippen molar-refractivity contribution in [3.63, 3.8) is 0 Å². The van der Waals surface area contributed by atoms with E-state index in [1.54, 1.807) is 4.58 Å². The molecule has 7 heteroatoms. The summed E-state index contributed by atoms with van der Waals surface area (Å²) in [5.41, 5.74) is 0.747. The molecular weight excluding hydrogens is 524 g/mol. The zero-order chi connectivity index (χ0) is 30.8. The van der Waals surface area contributed by atoms with Crippen molar-refractivity contribution < 1.29 is 19.6 Å². The molecule has 7 nitrogen and oxygen atoms in total. The van der Waals surface area contributed by atoms with Crippen LogP contribution in [0.5, 0.6) is 0 Å². The van der Waals surface area contributed by atoms with Crippen LogP contribution in [0.25, 0.3) is 0 Å². The highest BCUT2D eigenvalue weighted by atomic mass is 16.4. The van der Waals surface area contributed by atoms with Crippen LogP contribution in [0.15, 0.2) is 0 Å². The number of carbonyl (C=O) groups is 1. The fourth-order valence-electron chi connectivity index (χ4n) is 5.82. The molecule has 0 saturated heterocycles. The first kappa shape index (κ1) is 38.4. The van der Waals surface area contributed by atoms with Gasteiger partial charge in [0.2, 0.25) is 5.71 Å². The highest BCUT2D eigenvalue weighted by Gasteiger charge is 2.18. The molecule has 1 aliphatic rings. The molecule has 0 spiro atoms. The van der Waals surface area contributed by atoms with Gasteiger partial charge in [-0.2, -0.15) is 0 Å². The summed E-state index contributed by atoms with van der Waals surface area (Å²) in [6.45, 7) is 9.48. The molecule has 0 saturated carbocycles. The SMILES string of the molecule is CCCCCCCCCCCCCCCCCCCCCC(O)NC(C)NC(C)N1C#CC(C)=[N+](CC(=O)[O-])CCC1. The van der Waals surface area contributed by atoms with Crippen molar-refractivity contribution in [3.8, 4) is 12.0 Å². The summed E-state index contributed by atoms with van der Waals surface area (Å²) in [5.74, 6) is 2.00. The minimum Gasteiger partial charge on any atom is -0.544 e. The molecule has 0 aromatic heterocycles. The topological polar surface area (TPSA) is 90.7 Å². The lowest BCUT2D eigenvalue weighted by Crippen LogP contribution is -2.53. The normalized spacial score (nSPS) is 16.0. The average Bonchev–Trinajstić information content (AvgIpc) is 2.93. The second kappa shape index (κ2) is 25.8. The summed E-state index contributed by atoms with van der Waals surface area (Å²) >= 11 is 0. The molecule has 0 aromatic carbocycles. The van der Waals surface area contributed by atoms with Crippen LogP contribution in [-0.4, -0.2) is 64.5 Å². The van der Waals surface area contributed by atoms with Crippen molar-refractivity contribution in [1.29, 1.82) is 0 Å². The third-order valence-electron chi connectivity index (χ3n) is 8.48. The molecule has 3 unspecified atom stereocenters. The molecule has 0 fully saturated rings. The number of hydrogen-bond acceptors (Lipinski definition) is 6. The van der Waals surface area contributed by atoms with Crippen molar-refractivity contribution >= 4 is 11.7 Å². The number of rotatable bonds is 27. The zero-order valence-corrected chi connectivity index (χ0v) is 27.9. The minimum absolute atomic E-state index is 0.00240. The van der Waals surface area contributed by atoms with Crippen molar-refractivity contribution in [3.05, 3.63) is 0 Å². The van der Waals surface area contributed by atoms with Gasteiger partial charge in [0.05, 0.1) is 12.3 Å². The number of carboxylic acid groups (broad SMARTS) is 1. The zero-order valence-electron chi connectivity index (χ0n) is 27.9. The summed E-state index contributed by atoms with van der Waals surface area (Å²) in [5, 5.41) is 28.1. The maximum atomic E-state index is 11.0. The van der Waals surface area contributed by atoms with Crippen LogP contribution in [0.1, 0.15) is 163 Å². The lowest BCUT2D eigenvalue weighted by atomic mass is 10.0.